The molecule has 1 aliphatic rings. The van der Waals surface area contributed by atoms with Crippen molar-refractivity contribution in [2.75, 3.05) is 20.2 Å². The van der Waals surface area contributed by atoms with Gasteiger partial charge in [0, 0.05) is 31.4 Å². The predicted octanol–water partition coefficient (Wildman–Crippen LogP) is 2.54. The van der Waals surface area contributed by atoms with E-state index in [1.165, 1.54) is 0 Å². The van der Waals surface area contributed by atoms with Gasteiger partial charge in [0.2, 0.25) is 0 Å². The standard InChI is InChI=1S/C20H23N5O3/c1-13(28-16-6-4-3-5-15(16)27-2)20(26)25-11-7-14(8-12-25)17-18-19(24-23-17)22-10-9-21-18/h3-6,9-10,13-14H,7-8,11-12H2,1-2H3,(H,22,23,24). The molecular weight excluding hydrogens is 358 g/mol. The van der Waals surface area contributed by atoms with Crippen LogP contribution >= 0.6 is 0 Å². The lowest BCUT2D eigenvalue weighted by Crippen LogP contribution is -2.44. The lowest BCUT2D eigenvalue weighted by atomic mass is 9.93. The van der Waals surface area contributed by atoms with Gasteiger partial charge in [-0.15, -0.1) is 0 Å². The highest BCUT2D eigenvalue weighted by Crippen LogP contribution is 2.31. The summed E-state index contributed by atoms with van der Waals surface area (Å²) in [5.74, 6) is 1.46. The number of hydrogen-bond acceptors (Lipinski definition) is 6. The predicted molar refractivity (Wildman–Crippen MR) is 103 cm³/mol. The van der Waals surface area contributed by atoms with E-state index in [0.717, 1.165) is 24.1 Å². The Kier molecular flexibility index (Phi) is 5.10. The number of aromatic nitrogens is 4. The number of ether oxygens (including phenoxy) is 2. The number of para-hydroxylation sites is 2. The molecule has 3 aromatic rings. The molecule has 0 radical (unpaired) electrons. The molecule has 0 bridgehead atoms. The van der Waals surface area contributed by atoms with Gasteiger partial charge in [-0.2, -0.15) is 5.10 Å². The van der Waals surface area contributed by atoms with Crippen molar-refractivity contribution >= 4 is 17.1 Å². The summed E-state index contributed by atoms with van der Waals surface area (Å²) in [4.78, 5) is 23.3. The highest BCUT2D eigenvalue weighted by atomic mass is 16.5. The van der Waals surface area contributed by atoms with E-state index >= 15 is 0 Å². The van der Waals surface area contributed by atoms with E-state index < -0.39 is 6.10 Å². The minimum Gasteiger partial charge on any atom is -0.493 e. The zero-order valence-electron chi connectivity index (χ0n) is 16.0. The molecule has 8 nitrogen and oxygen atoms in total. The van der Waals surface area contributed by atoms with Crippen LogP contribution in [0.15, 0.2) is 36.7 Å². The molecule has 28 heavy (non-hydrogen) atoms. The number of fused-ring (bicyclic) bond motifs is 1. The summed E-state index contributed by atoms with van der Waals surface area (Å²) >= 11 is 0. The minimum atomic E-state index is -0.577. The first-order valence-electron chi connectivity index (χ1n) is 9.41. The third kappa shape index (κ3) is 3.49. The van der Waals surface area contributed by atoms with Gasteiger partial charge in [-0.05, 0) is 31.9 Å². The molecule has 146 valence electrons. The van der Waals surface area contributed by atoms with Crippen molar-refractivity contribution in [2.24, 2.45) is 0 Å². The number of benzene rings is 1. The third-order valence-electron chi connectivity index (χ3n) is 5.15. The Labute approximate surface area is 162 Å². The van der Waals surface area contributed by atoms with Gasteiger partial charge in [0.1, 0.15) is 5.52 Å². The lowest BCUT2D eigenvalue weighted by molar-refractivity contribution is -0.139. The molecule has 1 atom stereocenters. The monoisotopic (exact) mass is 381 g/mol. The van der Waals surface area contributed by atoms with Crippen molar-refractivity contribution in [3.8, 4) is 11.5 Å². The van der Waals surface area contributed by atoms with Crippen LogP contribution in [0.25, 0.3) is 11.2 Å². The molecule has 0 saturated carbocycles. The maximum absolute atomic E-state index is 12.8. The van der Waals surface area contributed by atoms with Crippen LogP contribution in [0.3, 0.4) is 0 Å². The largest absolute Gasteiger partial charge is 0.493 e. The molecule has 1 fully saturated rings. The zero-order valence-corrected chi connectivity index (χ0v) is 16.0. The number of methoxy groups -OCH3 is 1. The average Bonchev–Trinajstić information content (AvgIpc) is 3.18. The fourth-order valence-corrected chi connectivity index (χ4v) is 3.66. The topological polar surface area (TPSA) is 93.2 Å². The van der Waals surface area contributed by atoms with Gasteiger partial charge in [0.05, 0.1) is 12.8 Å². The summed E-state index contributed by atoms with van der Waals surface area (Å²) in [5.41, 5.74) is 2.46. The van der Waals surface area contributed by atoms with Gasteiger partial charge in [0.15, 0.2) is 23.3 Å². The Morgan fingerprint density at radius 2 is 1.89 bits per heavy atom. The number of hydrogen-bond donors (Lipinski definition) is 1. The lowest BCUT2D eigenvalue weighted by Gasteiger charge is -2.33. The molecule has 1 aromatic carbocycles. The smallest absolute Gasteiger partial charge is 0.263 e. The Morgan fingerprint density at radius 3 is 2.64 bits per heavy atom. The highest BCUT2D eigenvalue weighted by molar-refractivity contribution is 5.81. The fraction of sp³-hybridized carbons (Fsp3) is 0.400. The first-order valence-corrected chi connectivity index (χ1v) is 9.41. The van der Waals surface area contributed by atoms with Crippen molar-refractivity contribution in [3.63, 3.8) is 0 Å². The van der Waals surface area contributed by atoms with Crippen LogP contribution < -0.4 is 9.47 Å². The van der Waals surface area contributed by atoms with Crippen molar-refractivity contribution in [2.45, 2.75) is 31.8 Å². The molecule has 2 aromatic heterocycles. The molecule has 0 aliphatic carbocycles. The van der Waals surface area contributed by atoms with E-state index in [2.05, 4.69) is 20.2 Å². The Balaban J connectivity index is 1.38. The number of carbonyl (C=O) groups is 1. The second kappa shape index (κ2) is 7.84. The van der Waals surface area contributed by atoms with Gasteiger partial charge in [0.25, 0.3) is 5.91 Å². The molecule has 4 rings (SSSR count). The van der Waals surface area contributed by atoms with Crippen molar-refractivity contribution in [1.29, 1.82) is 0 Å². The van der Waals surface area contributed by atoms with Crippen LogP contribution in [0.1, 0.15) is 31.4 Å². The Bertz CT molecular complexity index is 965. The molecule has 1 amide bonds. The number of nitrogens with one attached hydrogen (secondary N) is 1. The van der Waals surface area contributed by atoms with Crippen LogP contribution in [-0.2, 0) is 4.79 Å². The number of piperidine rings is 1. The average molecular weight is 381 g/mol. The van der Waals surface area contributed by atoms with Gasteiger partial charge in [-0.25, -0.2) is 9.97 Å². The number of amides is 1. The number of aromatic amines is 1. The molecule has 1 N–H and O–H groups in total. The number of likely N-dealkylation sites (tertiary alicyclic amines) is 1. The number of H-pyrrole nitrogens is 1. The van der Waals surface area contributed by atoms with Crippen LogP contribution in [0.4, 0.5) is 0 Å². The number of carbonyl (C=O) groups excluding carboxylic acids is 1. The molecule has 1 aliphatic heterocycles. The molecule has 1 unspecified atom stereocenters. The maximum atomic E-state index is 12.8. The molecule has 0 spiro atoms. The summed E-state index contributed by atoms with van der Waals surface area (Å²) in [6.07, 6.45) is 4.43. The quantitative estimate of drug-likeness (QED) is 0.730. The molecule has 8 heteroatoms. The Hall–Kier alpha value is -3.16. The Morgan fingerprint density at radius 1 is 1.18 bits per heavy atom. The summed E-state index contributed by atoms with van der Waals surface area (Å²) in [6.45, 7) is 3.12. The van der Waals surface area contributed by atoms with E-state index in [9.17, 15) is 4.79 Å². The number of rotatable bonds is 5. The molecular formula is C20H23N5O3. The SMILES string of the molecule is COc1ccccc1OC(C)C(=O)N1CCC(c2[nH]nc3nccnc23)CC1. The van der Waals surface area contributed by atoms with E-state index in [1.807, 2.05) is 23.1 Å². The fourth-order valence-electron chi connectivity index (χ4n) is 3.66. The van der Waals surface area contributed by atoms with Crippen molar-refractivity contribution < 1.29 is 14.3 Å². The van der Waals surface area contributed by atoms with Crippen LogP contribution in [0.5, 0.6) is 11.5 Å². The van der Waals surface area contributed by atoms with Crippen molar-refractivity contribution in [3.05, 3.63) is 42.4 Å². The normalized spacial score (nSPS) is 16.1. The second-order valence-electron chi connectivity index (χ2n) is 6.88. The zero-order chi connectivity index (χ0) is 19.5. The van der Waals surface area contributed by atoms with Crippen LogP contribution in [0, 0.1) is 0 Å². The highest BCUT2D eigenvalue weighted by Gasteiger charge is 2.29. The van der Waals surface area contributed by atoms with Gasteiger partial charge in [-0.3, -0.25) is 9.89 Å². The van der Waals surface area contributed by atoms with E-state index in [0.29, 0.717) is 30.2 Å². The van der Waals surface area contributed by atoms with Gasteiger partial charge in [-0.1, -0.05) is 12.1 Å². The summed E-state index contributed by atoms with van der Waals surface area (Å²) < 4.78 is 11.1. The van der Waals surface area contributed by atoms with E-state index in [-0.39, 0.29) is 11.8 Å². The summed E-state index contributed by atoms with van der Waals surface area (Å²) in [6, 6.07) is 7.35. The van der Waals surface area contributed by atoms with Crippen LogP contribution in [0.2, 0.25) is 0 Å². The van der Waals surface area contributed by atoms with Crippen molar-refractivity contribution in [1.82, 2.24) is 25.1 Å². The second-order valence-corrected chi connectivity index (χ2v) is 6.88. The number of nitrogens with zero attached hydrogens (tertiary/aromatic N) is 4. The maximum Gasteiger partial charge on any atom is 0.263 e. The summed E-state index contributed by atoms with van der Waals surface area (Å²) in [7, 11) is 1.59. The van der Waals surface area contributed by atoms with Gasteiger partial charge < -0.3 is 14.4 Å². The summed E-state index contributed by atoms with van der Waals surface area (Å²) in [5, 5.41) is 7.31. The van der Waals surface area contributed by atoms with E-state index in [4.69, 9.17) is 9.47 Å². The van der Waals surface area contributed by atoms with Crippen LogP contribution in [-0.4, -0.2) is 57.3 Å². The third-order valence-corrected chi connectivity index (χ3v) is 5.15. The first-order chi connectivity index (χ1) is 13.7. The minimum absolute atomic E-state index is 0.0152. The molecule has 1 saturated heterocycles. The van der Waals surface area contributed by atoms with E-state index in [1.54, 1.807) is 32.5 Å². The first kappa shape index (κ1) is 18.2. The molecule has 3 heterocycles. The van der Waals surface area contributed by atoms with Gasteiger partial charge >= 0.3 is 0 Å².